The Labute approximate surface area is 105 Å². The highest BCUT2D eigenvalue weighted by atomic mass is 16.2. The predicted octanol–water partition coefficient (Wildman–Crippen LogP) is 0.831. The highest BCUT2D eigenvalue weighted by molar-refractivity contribution is 5.82. The molecular weight excluding hydrogens is 214 g/mol. The molecule has 0 aromatic carbocycles. The smallest absolute Gasteiger partial charge is 0.238 e. The van der Waals surface area contributed by atoms with Gasteiger partial charge in [0.05, 0.1) is 0 Å². The molecule has 0 aliphatic carbocycles. The molecule has 4 nitrogen and oxygen atoms in total. The Kier molecular flexibility index (Phi) is 5.92. The lowest BCUT2D eigenvalue weighted by atomic mass is 10.0. The molecule has 0 bridgehead atoms. The van der Waals surface area contributed by atoms with Crippen molar-refractivity contribution in [2.45, 2.75) is 46.2 Å². The quantitative estimate of drug-likeness (QED) is 0.749. The maximum atomic E-state index is 12.0. The third kappa shape index (κ3) is 4.28. The molecule has 1 saturated heterocycles. The molecule has 1 amide bonds. The first kappa shape index (κ1) is 14.5. The first-order valence-electron chi connectivity index (χ1n) is 6.80. The van der Waals surface area contributed by atoms with Gasteiger partial charge in [-0.25, -0.2) is 0 Å². The van der Waals surface area contributed by atoms with Crippen LogP contribution in [0, 0.1) is 5.92 Å². The molecule has 1 heterocycles. The van der Waals surface area contributed by atoms with Crippen LogP contribution in [0.15, 0.2) is 0 Å². The SMILES string of the molecule is CCNC(=O)C1CNCCN1C(C)CC(C)C. The number of nitrogens with one attached hydrogen (secondary N) is 2. The number of likely N-dealkylation sites (N-methyl/N-ethyl adjacent to an activating group) is 1. The molecule has 0 saturated carbocycles. The van der Waals surface area contributed by atoms with Crippen LogP contribution < -0.4 is 10.6 Å². The third-order valence-corrected chi connectivity index (χ3v) is 3.32. The molecule has 1 rings (SSSR count). The second kappa shape index (κ2) is 6.97. The minimum Gasteiger partial charge on any atom is -0.355 e. The standard InChI is InChI=1S/C13H27N3O/c1-5-15-13(17)12-9-14-6-7-16(12)11(4)8-10(2)3/h10-12,14H,5-9H2,1-4H3,(H,15,17). The van der Waals surface area contributed by atoms with Crippen LogP contribution in [-0.2, 0) is 4.79 Å². The first-order valence-corrected chi connectivity index (χ1v) is 6.80. The van der Waals surface area contributed by atoms with Crippen LogP contribution in [0.4, 0.5) is 0 Å². The summed E-state index contributed by atoms with van der Waals surface area (Å²) in [5.41, 5.74) is 0. The molecule has 2 atom stereocenters. The third-order valence-electron chi connectivity index (χ3n) is 3.32. The van der Waals surface area contributed by atoms with E-state index < -0.39 is 0 Å². The van der Waals surface area contributed by atoms with E-state index in [0.717, 1.165) is 26.1 Å². The Morgan fingerprint density at radius 1 is 1.47 bits per heavy atom. The topological polar surface area (TPSA) is 44.4 Å². The van der Waals surface area contributed by atoms with Gasteiger partial charge in [-0.1, -0.05) is 13.8 Å². The van der Waals surface area contributed by atoms with E-state index in [0.29, 0.717) is 18.5 Å². The van der Waals surface area contributed by atoms with Gasteiger partial charge in [-0.05, 0) is 26.2 Å². The zero-order valence-electron chi connectivity index (χ0n) is 11.6. The normalized spacial score (nSPS) is 23.7. The van der Waals surface area contributed by atoms with Gasteiger partial charge in [0.2, 0.25) is 5.91 Å². The van der Waals surface area contributed by atoms with Crippen molar-refractivity contribution in [2.24, 2.45) is 5.92 Å². The number of piperazine rings is 1. The van der Waals surface area contributed by atoms with Crippen LogP contribution in [0.5, 0.6) is 0 Å². The van der Waals surface area contributed by atoms with Crippen LogP contribution in [0.2, 0.25) is 0 Å². The summed E-state index contributed by atoms with van der Waals surface area (Å²) in [4.78, 5) is 14.4. The fourth-order valence-electron chi connectivity index (χ4n) is 2.60. The zero-order chi connectivity index (χ0) is 12.8. The van der Waals surface area contributed by atoms with Crippen molar-refractivity contribution in [3.63, 3.8) is 0 Å². The number of nitrogens with zero attached hydrogens (tertiary/aromatic N) is 1. The van der Waals surface area contributed by atoms with Gasteiger partial charge in [-0.3, -0.25) is 9.69 Å². The summed E-state index contributed by atoms with van der Waals surface area (Å²) >= 11 is 0. The van der Waals surface area contributed by atoms with E-state index in [1.807, 2.05) is 6.92 Å². The van der Waals surface area contributed by atoms with Crippen molar-refractivity contribution in [1.29, 1.82) is 0 Å². The van der Waals surface area contributed by atoms with Crippen molar-refractivity contribution < 1.29 is 4.79 Å². The van der Waals surface area contributed by atoms with Gasteiger partial charge in [0.15, 0.2) is 0 Å². The van der Waals surface area contributed by atoms with Gasteiger partial charge >= 0.3 is 0 Å². The molecule has 1 aliphatic heterocycles. The molecule has 17 heavy (non-hydrogen) atoms. The Hall–Kier alpha value is -0.610. The summed E-state index contributed by atoms with van der Waals surface area (Å²) in [5, 5.41) is 6.24. The highest BCUT2D eigenvalue weighted by Crippen LogP contribution is 2.15. The van der Waals surface area contributed by atoms with Crippen LogP contribution in [0.3, 0.4) is 0 Å². The molecule has 2 N–H and O–H groups in total. The molecule has 0 aromatic heterocycles. The van der Waals surface area contributed by atoms with Crippen LogP contribution in [0.1, 0.15) is 34.1 Å². The monoisotopic (exact) mass is 241 g/mol. The van der Waals surface area contributed by atoms with Crippen molar-refractivity contribution in [1.82, 2.24) is 15.5 Å². The van der Waals surface area contributed by atoms with Crippen molar-refractivity contribution in [3.8, 4) is 0 Å². The molecule has 4 heteroatoms. The maximum Gasteiger partial charge on any atom is 0.238 e. The van der Waals surface area contributed by atoms with Gasteiger partial charge in [-0.2, -0.15) is 0 Å². The molecule has 2 unspecified atom stereocenters. The van der Waals surface area contributed by atoms with Crippen LogP contribution >= 0.6 is 0 Å². The number of hydrogen-bond donors (Lipinski definition) is 2. The number of carbonyl (C=O) groups is 1. The Morgan fingerprint density at radius 3 is 2.76 bits per heavy atom. The molecule has 0 radical (unpaired) electrons. The van der Waals surface area contributed by atoms with E-state index in [1.165, 1.54) is 0 Å². The first-order chi connectivity index (χ1) is 8.06. The maximum absolute atomic E-state index is 12.0. The number of hydrogen-bond acceptors (Lipinski definition) is 3. The van der Waals surface area contributed by atoms with Crippen LogP contribution in [0.25, 0.3) is 0 Å². The van der Waals surface area contributed by atoms with E-state index in [-0.39, 0.29) is 11.9 Å². The van der Waals surface area contributed by atoms with E-state index in [9.17, 15) is 4.79 Å². The van der Waals surface area contributed by atoms with E-state index in [4.69, 9.17) is 0 Å². The molecular formula is C13H27N3O. The Balaban J connectivity index is 2.61. The van der Waals surface area contributed by atoms with Gasteiger partial charge in [0.1, 0.15) is 6.04 Å². The minimum atomic E-state index is -0.00236. The Morgan fingerprint density at radius 2 is 2.18 bits per heavy atom. The van der Waals surface area contributed by atoms with Crippen molar-refractivity contribution in [3.05, 3.63) is 0 Å². The van der Waals surface area contributed by atoms with Gasteiger partial charge in [0, 0.05) is 32.2 Å². The van der Waals surface area contributed by atoms with Crippen LogP contribution in [-0.4, -0.2) is 49.1 Å². The summed E-state index contributed by atoms with van der Waals surface area (Å²) in [6.07, 6.45) is 1.15. The molecule has 1 fully saturated rings. The van der Waals surface area contributed by atoms with Gasteiger partial charge in [-0.15, -0.1) is 0 Å². The summed E-state index contributed by atoms with van der Waals surface area (Å²) < 4.78 is 0. The molecule has 100 valence electrons. The predicted molar refractivity (Wildman–Crippen MR) is 71.0 cm³/mol. The lowest BCUT2D eigenvalue weighted by Crippen LogP contribution is -2.60. The zero-order valence-corrected chi connectivity index (χ0v) is 11.6. The fraction of sp³-hybridized carbons (Fsp3) is 0.923. The fourth-order valence-corrected chi connectivity index (χ4v) is 2.60. The lowest BCUT2D eigenvalue weighted by Gasteiger charge is -2.39. The summed E-state index contributed by atoms with van der Waals surface area (Å²) in [6, 6.07) is 0.474. The second-order valence-electron chi connectivity index (χ2n) is 5.33. The number of amides is 1. The van der Waals surface area contributed by atoms with Gasteiger partial charge < -0.3 is 10.6 Å². The van der Waals surface area contributed by atoms with Crippen molar-refractivity contribution in [2.75, 3.05) is 26.2 Å². The highest BCUT2D eigenvalue weighted by Gasteiger charge is 2.31. The minimum absolute atomic E-state index is 0.00236. The Bertz CT molecular complexity index is 243. The summed E-state index contributed by atoms with van der Waals surface area (Å²) in [7, 11) is 0. The average molecular weight is 241 g/mol. The number of carbonyl (C=O) groups excluding carboxylic acids is 1. The van der Waals surface area contributed by atoms with E-state index in [2.05, 4.69) is 36.3 Å². The van der Waals surface area contributed by atoms with Crippen molar-refractivity contribution >= 4 is 5.91 Å². The largest absolute Gasteiger partial charge is 0.355 e. The molecule has 0 aromatic rings. The average Bonchev–Trinajstić information content (AvgIpc) is 2.28. The number of rotatable bonds is 5. The molecule has 1 aliphatic rings. The summed E-state index contributed by atoms with van der Waals surface area (Å²) in [6.45, 7) is 12.1. The van der Waals surface area contributed by atoms with E-state index >= 15 is 0 Å². The summed E-state index contributed by atoms with van der Waals surface area (Å²) in [5.74, 6) is 0.838. The van der Waals surface area contributed by atoms with Gasteiger partial charge in [0.25, 0.3) is 0 Å². The second-order valence-corrected chi connectivity index (χ2v) is 5.33. The van der Waals surface area contributed by atoms with E-state index in [1.54, 1.807) is 0 Å². The molecule has 0 spiro atoms. The lowest BCUT2D eigenvalue weighted by molar-refractivity contribution is -0.128.